The molecule has 4 rings (SSSR count). The summed E-state index contributed by atoms with van der Waals surface area (Å²) in [7, 11) is 0. The molecule has 0 aliphatic carbocycles. The second-order valence-electron chi connectivity index (χ2n) is 7.30. The van der Waals surface area contributed by atoms with Crippen LogP contribution in [-0.2, 0) is 6.42 Å². The number of benzene rings is 2. The first kappa shape index (κ1) is 22.2. The van der Waals surface area contributed by atoms with Crippen LogP contribution in [-0.4, -0.2) is 16.5 Å². The zero-order valence-corrected chi connectivity index (χ0v) is 18.4. The van der Waals surface area contributed by atoms with Crippen molar-refractivity contribution in [1.29, 1.82) is 0 Å². The Morgan fingerprint density at radius 2 is 1.83 bits per heavy atom. The lowest BCUT2D eigenvalue weighted by atomic mass is 9.93. The van der Waals surface area contributed by atoms with E-state index >= 15 is 0 Å². The van der Waals surface area contributed by atoms with E-state index in [2.05, 4.69) is 28.2 Å². The molecule has 1 N–H and O–H groups in total. The Kier molecular flexibility index (Phi) is 6.48. The molecule has 1 atom stereocenters. The van der Waals surface area contributed by atoms with E-state index in [0.29, 0.717) is 16.7 Å². The molecule has 2 heterocycles. The zero-order valence-electron chi connectivity index (χ0n) is 16.8. The largest absolute Gasteiger partial charge is 0.349 e. The summed E-state index contributed by atoms with van der Waals surface area (Å²) in [6, 6.07) is 9.74. The summed E-state index contributed by atoms with van der Waals surface area (Å²) in [6.07, 6.45) is 0.894. The van der Waals surface area contributed by atoms with E-state index in [-0.39, 0.29) is 18.4 Å². The quantitative estimate of drug-likeness (QED) is 0.507. The fourth-order valence-corrected chi connectivity index (χ4v) is 3.91. The molecule has 1 unspecified atom stereocenters. The second-order valence-corrected chi connectivity index (χ2v) is 7.73. The maximum atomic E-state index is 13.5. The van der Waals surface area contributed by atoms with Crippen LogP contribution in [0.5, 0.6) is 0 Å². The smallest absolute Gasteiger partial charge is 0.229 e. The summed E-state index contributed by atoms with van der Waals surface area (Å²) in [5.41, 5.74) is 4.68. The molecular formula is C22H22Cl2F2N4. The maximum Gasteiger partial charge on any atom is 0.229 e. The van der Waals surface area contributed by atoms with E-state index in [1.807, 2.05) is 26.0 Å². The van der Waals surface area contributed by atoms with Crippen LogP contribution in [0.3, 0.4) is 0 Å². The Labute approximate surface area is 185 Å². The topological polar surface area (TPSA) is 41.1 Å². The van der Waals surface area contributed by atoms with E-state index in [1.165, 1.54) is 17.2 Å². The minimum atomic E-state index is -0.919. The number of fused-ring (bicyclic) bond motifs is 1. The van der Waals surface area contributed by atoms with Gasteiger partial charge in [0.15, 0.2) is 11.6 Å². The Bertz CT molecular complexity index is 1090. The van der Waals surface area contributed by atoms with E-state index in [0.717, 1.165) is 42.2 Å². The van der Waals surface area contributed by atoms with Crippen LogP contribution >= 0.6 is 24.0 Å². The van der Waals surface area contributed by atoms with Gasteiger partial charge in [-0.2, -0.15) is 4.98 Å². The van der Waals surface area contributed by atoms with Crippen molar-refractivity contribution in [3.8, 4) is 0 Å². The number of aromatic nitrogens is 2. The fraction of sp³-hybridized carbons (Fsp3) is 0.273. The first-order chi connectivity index (χ1) is 13.8. The van der Waals surface area contributed by atoms with Gasteiger partial charge in [0.05, 0.1) is 6.04 Å². The molecule has 0 radical (unpaired) electrons. The molecule has 0 bridgehead atoms. The van der Waals surface area contributed by atoms with Gasteiger partial charge < -0.3 is 10.2 Å². The molecule has 3 aromatic rings. The highest BCUT2D eigenvalue weighted by atomic mass is 35.5. The summed E-state index contributed by atoms with van der Waals surface area (Å²) < 4.78 is 26.7. The number of rotatable bonds is 3. The molecule has 0 fully saturated rings. The summed E-state index contributed by atoms with van der Waals surface area (Å²) in [6.45, 7) is 6.86. The lowest BCUT2D eigenvalue weighted by Crippen LogP contribution is -2.35. The van der Waals surface area contributed by atoms with Crippen LogP contribution in [0, 0.1) is 25.5 Å². The van der Waals surface area contributed by atoms with Gasteiger partial charge in [-0.15, -0.1) is 12.4 Å². The summed E-state index contributed by atoms with van der Waals surface area (Å²) in [4.78, 5) is 11.4. The molecule has 8 heteroatoms. The van der Waals surface area contributed by atoms with Gasteiger partial charge in [-0.3, -0.25) is 0 Å². The van der Waals surface area contributed by atoms with Crippen molar-refractivity contribution in [2.45, 2.75) is 33.2 Å². The third-order valence-electron chi connectivity index (χ3n) is 5.46. The molecule has 0 amide bonds. The Morgan fingerprint density at radius 3 is 2.57 bits per heavy atom. The van der Waals surface area contributed by atoms with E-state index in [9.17, 15) is 8.78 Å². The molecule has 158 valence electrons. The molecular weight excluding hydrogens is 429 g/mol. The number of anilines is 3. The van der Waals surface area contributed by atoms with Gasteiger partial charge in [-0.05, 0) is 62.6 Å². The third-order valence-corrected chi connectivity index (χ3v) is 5.69. The standard InChI is InChI=1S/C22H21ClF2N4.ClH/c1-12-13(2)26-22(27-17-6-7-19(24)20(25)11-17)28-21(12)29-9-8-15-4-5-16(23)10-18(15)14(29)3;/h4-7,10-11,14H,8-9H2,1-3H3,(H,26,27,28);1H. The SMILES string of the molecule is Cc1nc(Nc2ccc(F)c(F)c2)nc(N2CCc3ccc(Cl)cc3C2C)c1C.Cl. The van der Waals surface area contributed by atoms with Crippen molar-refractivity contribution in [1.82, 2.24) is 9.97 Å². The van der Waals surface area contributed by atoms with E-state index in [4.69, 9.17) is 16.6 Å². The molecule has 1 aliphatic rings. The van der Waals surface area contributed by atoms with Crippen LogP contribution in [0.1, 0.15) is 35.3 Å². The van der Waals surface area contributed by atoms with Crippen molar-refractivity contribution in [2.24, 2.45) is 0 Å². The zero-order chi connectivity index (χ0) is 20.7. The fourth-order valence-electron chi connectivity index (χ4n) is 3.73. The number of nitrogens with one attached hydrogen (secondary N) is 1. The highest BCUT2D eigenvalue weighted by molar-refractivity contribution is 6.30. The van der Waals surface area contributed by atoms with Crippen molar-refractivity contribution >= 4 is 41.5 Å². The van der Waals surface area contributed by atoms with Gasteiger partial charge in [0.2, 0.25) is 5.95 Å². The molecule has 2 aromatic carbocycles. The number of nitrogens with zero attached hydrogens (tertiary/aromatic N) is 3. The number of hydrogen-bond acceptors (Lipinski definition) is 4. The van der Waals surface area contributed by atoms with E-state index < -0.39 is 11.6 Å². The van der Waals surface area contributed by atoms with E-state index in [1.54, 1.807) is 0 Å². The minimum Gasteiger partial charge on any atom is -0.349 e. The first-order valence-electron chi connectivity index (χ1n) is 9.46. The Morgan fingerprint density at radius 1 is 1.07 bits per heavy atom. The van der Waals surface area contributed by atoms with Gasteiger partial charge in [-0.1, -0.05) is 17.7 Å². The van der Waals surface area contributed by atoms with Gasteiger partial charge in [0.1, 0.15) is 5.82 Å². The number of hydrogen-bond donors (Lipinski definition) is 1. The number of aryl methyl sites for hydroxylation is 1. The molecule has 1 aromatic heterocycles. The molecule has 0 saturated carbocycles. The lowest BCUT2D eigenvalue weighted by Gasteiger charge is -2.37. The lowest BCUT2D eigenvalue weighted by molar-refractivity contribution is 0.509. The minimum absolute atomic E-state index is 0. The third kappa shape index (κ3) is 4.20. The van der Waals surface area contributed by atoms with Crippen molar-refractivity contribution in [3.05, 3.63) is 75.4 Å². The van der Waals surface area contributed by atoms with Crippen LogP contribution in [0.15, 0.2) is 36.4 Å². The maximum absolute atomic E-state index is 13.5. The second kappa shape index (κ2) is 8.74. The van der Waals surface area contributed by atoms with Crippen molar-refractivity contribution in [3.63, 3.8) is 0 Å². The average molecular weight is 451 g/mol. The Hall–Kier alpha value is -2.44. The molecule has 0 spiro atoms. The molecule has 1 aliphatic heterocycles. The Balaban J connectivity index is 0.00000256. The normalized spacial score (nSPS) is 15.4. The van der Waals surface area contributed by atoms with Gasteiger partial charge in [0.25, 0.3) is 0 Å². The van der Waals surface area contributed by atoms with Crippen molar-refractivity contribution in [2.75, 3.05) is 16.8 Å². The monoisotopic (exact) mass is 450 g/mol. The van der Waals surface area contributed by atoms with Gasteiger partial charge in [0, 0.05) is 34.6 Å². The first-order valence-corrected chi connectivity index (χ1v) is 9.83. The average Bonchev–Trinajstić information content (AvgIpc) is 2.68. The van der Waals surface area contributed by atoms with Gasteiger partial charge >= 0.3 is 0 Å². The predicted molar refractivity (Wildman–Crippen MR) is 119 cm³/mol. The predicted octanol–water partition coefficient (Wildman–Crippen LogP) is 6.31. The summed E-state index contributed by atoms with van der Waals surface area (Å²) >= 11 is 6.22. The number of halogens is 4. The van der Waals surface area contributed by atoms with Crippen LogP contribution in [0.2, 0.25) is 5.02 Å². The highest BCUT2D eigenvalue weighted by Gasteiger charge is 2.27. The molecule has 4 nitrogen and oxygen atoms in total. The summed E-state index contributed by atoms with van der Waals surface area (Å²) in [5.74, 6) is -0.646. The molecule has 0 saturated heterocycles. The van der Waals surface area contributed by atoms with Crippen LogP contribution < -0.4 is 10.2 Å². The van der Waals surface area contributed by atoms with Gasteiger partial charge in [-0.25, -0.2) is 13.8 Å². The van der Waals surface area contributed by atoms with Crippen LogP contribution in [0.25, 0.3) is 0 Å². The highest BCUT2D eigenvalue weighted by Crippen LogP contribution is 2.36. The van der Waals surface area contributed by atoms with Crippen LogP contribution in [0.4, 0.5) is 26.2 Å². The summed E-state index contributed by atoms with van der Waals surface area (Å²) in [5, 5.41) is 3.70. The molecule has 30 heavy (non-hydrogen) atoms. The van der Waals surface area contributed by atoms with Crippen molar-refractivity contribution < 1.29 is 8.78 Å².